The lowest BCUT2D eigenvalue weighted by atomic mass is 10.2. The summed E-state index contributed by atoms with van der Waals surface area (Å²) in [5, 5.41) is 8.51. The molecule has 1 rings (SSSR count). The van der Waals surface area contributed by atoms with Gasteiger partial charge in [-0.15, -0.1) is 12.4 Å². The van der Waals surface area contributed by atoms with Crippen LogP contribution in [0.1, 0.15) is 36.1 Å². The van der Waals surface area contributed by atoms with Crippen LogP contribution in [-0.4, -0.2) is 21.0 Å². The molecule has 0 aliphatic rings. The van der Waals surface area contributed by atoms with Crippen molar-refractivity contribution >= 4 is 18.4 Å². The summed E-state index contributed by atoms with van der Waals surface area (Å²) >= 11 is 0. The predicted molar refractivity (Wildman–Crippen MR) is 46.9 cm³/mol. The van der Waals surface area contributed by atoms with Crippen LogP contribution in [0.25, 0.3) is 0 Å². The van der Waals surface area contributed by atoms with Gasteiger partial charge in [-0.3, -0.25) is 0 Å². The lowest BCUT2D eigenvalue weighted by molar-refractivity contribution is 0.0691. The summed E-state index contributed by atoms with van der Waals surface area (Å²) in [7, 11) is 0. The molecule has 12 heavy (non-hydrogen) atoms. The molecule has 0 amide bonds. The number of halogens is 1. The fraction of sp³-hybridized carbons (Fsp3) is 0.429. The van der Waals surface area contributed by atoms with E-state index >= 15 is 0 Å². The molecule has 0 fully saturated rings. The van der Waals surface area contributed by atoms with Crippen molar-refractivity contribution in [2.75, 3.05) is 0 Å². The van der Waals surface area contributed by atoms with Crippen molar-refractivity contribution in [3.63, 3.8) is 0 Å². The number of aromatic nitrogens is 2. The number of nitrogens with one attached hydrogen (secondary N) is 1. The average Bonchev–Trinajstić information content (AvgIpc) is 2.33. The van der Waals surface area contributed by atoms with Crippen molar-refractivity contribution < 1.29 is 9.90 Å². The van der Waals surface area contributed by atoms with Gasteiger partial charge in [0.15, 0.2) is 0 Å². The highest BCUT2D eigenvalue weighted by molar-refractivity contribution is 5.85. The highest BCUT2D eigenvalue weighted by Crippen LogP contribution is 2.08. The van der Waals surface area contributed by atoms with Gasteiger partial charge in [0.05, 0.1) is 6.20 Å². The molecule has 4 nitrogen and oxygen atoms in total. The van der Waals surface area contributed by atoms with Gasteiger partial charge in [0.2, 0.25) is 0 Å². The third-order valence-electron chi connectivity index (χ3n) is 1.37. The number of aromatic amines is 1. The summed E-state index contributed by atoms with van der Waals surface area (Å²) in [6.07, 6.45) is 1.33. The number of rotatable bonds is 2. The number of nitrogens with zero attached hydrogens (tertiary/aromatic N) is 1. The predicted octanol–water partition coefficient (Wildman–Crippen LogP) is 1.65. The van der Waals surface area contributed by atoms with Crippen LogP contribution in [0.3, 0.4) is 0 Å². The van der Waals surface area contributed by atoms with Crippen molar-refractivity contribution in [1.29, 1.82) is 0 Å². The molecule has 0 unspecified atom stereocenters. The molecule has 0 saturated carbocycles. The average molecular weight is 191 g/mol. The van der Waals surface area contributed by atoms with Gasteiger partial charge in [-0.2, -0.15) is 0 Å². The molecule has 0 bridgehead atoms. The number of hydrogen-bond donors (Lipinski definition) is 2. The molecule has 2 N–H and O–H groups in total. The molecule has 0 atom stereocenters. The van der Waals surface area contributed by atoms with Gasteiger partial charge in [-0.25, -0.2) is 9.78 Å². The van der Waals surface area contributed by atoms with Gasteiger partial charge in [-0.1, -0.05) is 13.8 Å². The maximum Gasteiger partial charge on any atom is 0.353 e. The minimum absolute atomic E-state index is 0. The molecule has 0 radical (unpaired) electrons. The van der Waals surface area contributed by atoms with Crippen LogP contribution in [0.5, 0.6) is 0 Å². The Balaban J connectivity index is 0.00000121. The lowest BCUT2D eigenvalue weighted by Crippen LogP contribution is -1.97. The zero-order valence-electron chi connectivity index (χ0n) is 6.87. The summed E-state index contributed by atoms with van der Waals surface area (Å²) < 4.78 is 0. The Labute approximate surface area is 76.4 Å². The Hall–Kier alpha value is -1.03. The number of carboxylic acids is 1. The van der Waals surface area contributed by atoms with Crippen LogP contribution in [-0.2, 0) is 0 Å². The number of aromatic carboxylic acids is 1. The Morgan fingerprint density at radius 2 is 2.25 bits per heavy atom. The van der Waals surface area contributed by atoms with Gasteiger partial charge < -0.3 is 10.1 Å². The molecule has 0 aliphatic carbocycles. The van der Waals surface area contributed by atoms with E-state index in [2.05, 4.69) is 9.97 Å². The molecular formula is C7H11ClN2O2. The number of imidazole rings is 1. The zero-order valence-corrected chi connectivity index (χ0v) is 7.68. The maximum absolute atomic E-state index is 10.4. The van der Waals surface area contributed by atoms with E-state index in [1.54, 1.807) is 0 Å². The zero-order chi connectivity index (χ0) is 8.43. The van der Waals surface area contributed by atoms with Crippen LogP contribution < -0.4 is 0 Å². The van der Waals surface area contributed by atoms with E-state index in [0.29, 0.717) is 5.82 Å². The van der Waals surface area contributed by atoms with E-state index in [-0.39, 0.29) is 24.0 Å². The van der Waals surface area contributed by atoms with Crippen LogP contribution in [0.15, 0.2) is 6.20 Å². The highest BCUT2D eigenvalue weighted by Gasteiger charge is 2.08. The number of H-pyrrole nitrogens is 1. The van der Waals surface area contributed by atoms with E-state index in [1.165, 1.54) is 6.20 Å². The Morgan fingerprint density at radius 3 is 2.50 bits per heavy atom. The van der Waals surface area contributed by atoms with Crippen LogP contribution in [0.2, 0.25) is 0 Å². The first kappa shape index (κ1) is 11.0. The number of carboxylic acid groups (broad SMARTS) is 1. The minimum atomic E-state index is -0.968. The third-order valence-corrected chi connectivity index (χ3v) is 1.37. The molecule has 0 aromatic carbocycles. The largest absolute Gasteiger partial charge is 0.477 e. The molecular weight excluding hydrogens is 180 g/mol. The van der Waals surface area contributed by atoms with Gasteiger partial charge in [0, 0.05) is 5.92 Å². The summed E-state index contributed by atoms with van der Waals surface area (Å²) in [6.45, 7) is 3.90. The molecule has 68 valence electrons. The summed E-state index contributed by atoms with van der Waals surface area (Å²) in [6, 6.07) is 0. The van der Waals surface area contributed by atoms with E-state index in [9.17, 15) is 4.79 Å². The normalized spacial score (nSPS) is 9.58. The molecule has 0 aliphatic heterocycles. The number of carbonyl (C=O) groups is 1. The topological polar surface area (TPSA) is 66.0 Å². The fourth-order valence-corrected chi connectivity index (χ4v) is 0.739. The second kappa shape index (κ2) is 4.11. The van der Waals surface area contributed by atoms with Crippen LogP contribution in [0, 0.1) is 0 Å². The third kappa shape index (κ3) is 2.23. The fourth-order valence-electron chi connectivity index (χ4n) is 0.739. The van der Waals surface area contributed by atoms with Crippen molar-refractivity contribution in [3.8, 4) is 0 Å². The van der Waals surface area contributed by atoms with E-state index < -0.39 is 5.97 Å². The number of hydrogen-bond acceptors (Lipinski definition) is 2. The summed E-state index contributed by atoms with van der Waals surface area (Å²) in [5.41, 5.74) is 0.147. The van der Waals surface area contributed by atoms with Gasteiger partial charge >= 0.3 is 5.97 Å². The molecule has 1 aromatic rings. The Bertz CT molecular complexity index is 270. The smallest absolute Gasteiger partial charge is 0.353 e. The first-order chi connectivity index (χ1) is 5.11. The SMILES string of the molecule is CC(C)c1ncc(C(=O)O)[nH]1.Cl. The summed E-state index contributed by atoms with van der Waals surface area (Å²) in [5.74, 6) is -0.0186. The van der Waals surface area contributed by atoms with E-state index in [1.807, 2.05) is 13.8 Å². The first-order valence-electron chi connectivity index (χ1n) is 3.39. The second-order valence-corrected chi connectivity index (χ2v) is 2.64. The molecule has 1 aromatic heterocycles. The van der Waals surface area contributed by atoms with Gasteiger partial charge in [-0.05, 0) is 0 Å². The molecule has 0 spiro atoms. The maximum atomic E-state index is 10.4. The van der Waals surface area contributed by atoms with E-state index in [4.69, 9.17) is 5.11 Å². The molecule has 1 heterocycles. The Kier molecular flexibility index (Phi) is 3.76. The van der Waals surface area contributed by atoms with Gasteiger partial charge in [0.1, 0.15) is 11.5 Å². The quantitative estimate of drug-likeness (QED) is 0.745. The lowest BCUT2D eigenvalue weighted by Gasteiger charge is -1.96. The van der Waals surface area contributed by atoms with E-state index in [0.717, 1.165) is 0 Å². The summed E-state index contributed by atoms with van der Waals surface area (Å²) in [4.78, 5) is 17.0. The van der Waals surface area contributed by atoms with Gasteiger partial charge in [0.25, 0.3) is 0 Å². The first-order valence-corrected chi connectivity index (χ1v) is 3.39. The van der Waals surface area contributed by atoms with Crippen LogP contribution >= 0.6 is 12.4 Å². The molecule has 0 saturated heterocycles. The second-order valence-electron chi connectivity index (χ2n) is 2.64. The standard InChI is InChI=1S/C7H10N2O2.ClH/c1-4(2)6-8-3-5(9-6)7(10)11;/h3-4H,1-2H3,(H,8,9)(H,10,11);1H. The Morgan fingerprint density at radius 1 is 1.67 bits per heavy atom. The van der Waals surface area contributed by atoms with Crippen molar-refractivity contribution in [2.24, 2.45) is 0 Å². The minimum Gasteiger partial charge on any atom is -0.477 e. The van der Waals surface area contributed by atoms with Crippen molar-refractivity contribution in [2.45, 2.75) is 19.8 Å². The monoisotopic (exact) mass is 190 g/mol. The van der Waals surface area contributed by atoms with Crippen molar-refractivity contribution in [3.05, 3.63) is 17.7 Å². The van der Waals surface area contributed by atoms with Crippen molar-refractivity contribution in [1.82, 2.24) is 9.97 Å². The molecule has 5 heteroatoms. The van der Waals surface area contributed by atoms with Crippen LogP contribution in [0.4, 0.5) is 0 Å². The highest BCUT2D eigenvalue weighted by atomic mass is 35.5.